The maximum atomic E-state index is 12.6. The molecule has 3 heterocycles. The molecule has 3 saturated heterocycles. The second kappa shape index (κ2) is 49.3. The van der Waals surface area contributed by atoms with Gasteiger partial charge in [-0.3, -0.25) is 24.4 Å². The fourth-order valence-corrected chi connectivity index (χ4v) is 16.5. The predicted octanol–water partition coefficient (Wildman–Crippen LogP) is 17.8. The molecule has 0 aromatic heterocycles. The summed E-state index contributed by atoms with van der Waals surface area (Å²) in [5.41, 5.74) is 21.4. The number of aliphatic hydroxyl groups is 1. The second-order valence-electron chi connectivity index (χ2n) is 28.9. The SMILES string of the molecule is C=CCCCc1ccc(OC)cc1OC.C=CCN(CC(=O)c1cccc(Br)c1)Cc1ccc(OC)cc1OC.C=CCN(Cc1ccc(OC)cc1OC)CC(CNO)c1cccc(Br)c1.COc1ccc(CN2C[C@@H]3CON[C@]3(c3cccc(Br)c3)C2)c(OC)c1.COc1ccc(CN2C[C@H](CO)[C@@](N)(c3cccc(Br)c3)C2)c(OC)c1. The van der Waals surface area contributed by atoms with Crippen molar-refractivity contribution in [3.05, 3.63) is 294 Å². The van der Waals surface area contributed by atoms with Gasteiger partial charge in [0.15, 0.2) is 5.78 Å². The Hall–Kier alpha value is -8.61. The number of Topliss-reactive ketones (excluding diaryl/α,β-unsaturated/α-hetero) is 1. The molecule has 9 aromatic carbocycles. The minimum absolute atomic E-state index is 0.0268. The van der Waals surface area contributed by atoms with Crippen molar-refractivity contribution in [2.24, 2.45) is 17.6 Å². The number of hydrogen-bond donors (Lipinski definition) is 5. The molecular weight excluding hydrogens is 1770 g/mol. The first kappa shape index (κ1) is 95.9. The van der Waals surface area contributed by atoms with E-state index in [1.54, 1.807) is 77.2 Å². The van der Waals surface area contributed by atoms with E-state index in [2.05, 4.69) is 158 Å². The third-order valence-electron chi connectivity index (χ3n) is 21.1. The van der Waals surface area contributed by atoms with E-state index in [0.717, 1.165) is 168 Å². The molecule has 119 heavy (non-hydrogen) atoms. The number of benzene rings is 9. The quantitative estimate of drug-likeness (QED) is 0.0106. The van der Waals surface area contributed by atoms with Crippen LogP contribution in [0.25, 0.3) is 0 Å². The summed E-state index contributed by atoms with van der Waals surface area (Å²) >= 11 is 14.0. The Morgan fingerprint density at radius 3 is 1.45 bits per heavy atom. The Morgan fingerprint density at radius 1 is 0.538 bits per heavy atom. The number of aryl methyl sites for hydroxylation is 1. The summed E-state index contributed by atoms with van der Waals surface area (Å²) in [6.07, 6.45) is 8.78. The van der Waals surface area contributed by atoms with Gasteiger partial charge in [0.25, 0.3) is 0 Å². The Labute approximate surface area is 736 Å². The molecule has 3 fully saturated rings. The lowest BCUT2D eigenvalue weighted by molar-refractivity contribution is 0.0467. The number of fused-ring (bicyclic) bond motifs is 1. The number of nitrogens with one attached hydrogen (secondary N) is 2. The van der Waals surface area contributed by atoms with Gasteiger partial charge in [0.2, 0.25) is 0 Å². The summed E-state index contributed by atoms with van der Waals surface area (Å²) in [5.74, 6) is 8.58. The van der Waals surface area contributed by atoms with E-state index < -0.39 is 5.54 Å². The number of halogens is 4. The molecule has 25 heteroatoms. The van der Waals surface area contributed by atoms with Gasteiger partial charge in [0.1, 0.15) is 57.5 Å². The first-order valence-corrected chi connectivity index (χ1v) is 42.3. The third-order valence-corrected chi connectivity index (χ3v) is 23.1. The number of allylic oxidation sites excluding steroid dienone is 1. The van der Waals surface area contributed by atoms with Crippen molar-refractivity contribution in [2.45, 2.75) is 62.4 Å². The topological polar surface area (TPSA) is 222 Å². The van der Waals surface area contributed by atoms with Gasteiger partial charge in [-0.25, -0.2) is 5.48 Å². The molecule has 3 aliphatic heterocycles. The average Bonchev–Trinajstić information content (AvgIpc) is 1.60. The molecule has 21 nitrogen and oxygen atoms in total. The lowest BCUT2D eigenvalue weighted by Crippen LogP contribution is -2.45. The number of nitrogens with zero attached hydrogens (tertiary/aromatic N) is 4. The van der Waals surface area contributed by atoms with Gasteiger partial charge < -0.3 is 68.3 Å². The normalized spacial score (nSPS) is 16.8. The van der Waals surface area contributed by atoms with E-state index >= 15 is 0 Å². The van der Waals surface area contributed by atoms with E-state index in [1.807, 2.05) is 157 Å². The molecule has 9 aromatic rings. The lowest BCUT2D eigenvalue weighted by Gasteiger charge is -2.30. The summed E-state index contributed by atoms with van der Waals surface area (Å²) in [7, 11) is 16.6. The number of rotatable bonds is 37. The van der Waals surface area contributed by atoms with Crippen molar-refractivity contribution >= 4 is 69.5 Å². The summed E-state index contributed by atoms with van der Waals surface area (Å²) in [6, 6.07) is 61.5. The first-order chi connectivity index (χ1) is 57.6. The molecule has 12 rings (SSSR count). The number of carbonyl (C=O) groups is 1. The van der Waals surface area contributed by atoms with Crippen LogP contribution in [0.2, 0.25) is 0 Å². The fourth-order valence-electron chi connectivity index (χ4n) is 14.9. The number of nitrogens with two attached hydrogens (primary N) is 1. The number of methoxy groups -OCH3 is 10. The van der Waals surface area contributed by atoms with Crippen molar-refractivity contribution in [3.8, 4) is 57.5 Å². The molecule has 0 bridgehead atoms. The molecule has 1 unspecified atom stereocenters. The predicted molar refractivity (Wildman–Crippen MR) is 486 cm³/mol. The van der Waals surface area contributed by atoms with E-state index in [9.17, 15) is 15.1 Å². The van der Waals surface area contributed by atoms with Crippen LogP contribution in [0.15, 0.2) is 244 Å². The maximum Gasteiger partial charge on any atom is 0.176 e. The molecule has 638 valence electrons. The Kier molecular flexibility index (Phi) is 39.7. The highest BCUT2D eigenvalue weighted by atomic mass is 79.9. The number of hydrogen-bond acceptors (Lipinski definition) is 21. The summed E-state index contributed by atoms with van der Waals surface area (Å²) in [5, 5.41) is 19.2. The Bertz CT molecular complexity index is 4640. The van der Waals surface area contributed by atoms with Crippen LogP contribution in [0.1, 0.15) is 73.6 Å². The second-order valence-corrected chi connectivity index (χ2v) is 32.6. The van der Waals surface area contributed by atoms with Crippen LogP contribution < -0.4 is 64.1 Å². The standard InChI is InChI=1S/C21H27BrN2O3.C20H23BrN2O3.C20H25BrN2O3.C20H22BrNO3.C13H18O2/c1-4-10-24(14-17-8-9-20(26-2)12-21(17)27-3)15-18(13-23-25)16-6-5-7-19(22)11-16;1-24-18-7-6-14(19(9-18)25-2)10-23-11-16-12-26-22-20(16,13-23)15-4-3-5-17(21)8-15;1-25-18-7-6-14(19(9-18)26-2)10-23-11-16(12-24)20(22,13-23)15-4-3-5-17(21)8-15;1-4-10-22(14-19(23)15-6-5-7-17(21)11-15)13-16-8-9-18(24-2)12-20(16)25-3;1-4-5-6-7-11-8-9-12(14-2)10-13(11)15-3/h4-9,11-12,18,23,25H,1,10,13-15H2,2-3H3;3-9,16,22H,10-13H2,1-2H3;3-9,16,24H,10-13,22H2,1-2H3;4-9,11-12H,1,10,13-14H2,2-3H3;4,8-10H,1,5-7H2,2-3H3/t;2*16-,20+;;/m.11../s1. The molecule has 0 amide bonds. The smallest absolute Gasteiger partial charge is 0.176 e. The molecule has 3 aliphatic rings. The van der Waals surface area contributed by atoms with Crippen molar-refractivity contribution < 1.29 is 67.3 Å². The van der Waals surface area contributed by atoms with Crippen LogP contribution in [0.3, 0.4) is 0 Å². The average molecular weight is 1890 g/mol. The lowest BCUT2D eigenvalue weighted by atomic mass is 9.82. The van der Waals surface area contributed by atoms with Gasteiger partial charge in [-0.2, -0.15) is 5.48 Å². The highest BCUT2D eigenvalue weighted by Crippen LogP contribution is 2.44. The van der Waals surface area contributed by atoms with Crippen molar-refractivity contribution in [1.82, 2.24) is 30.6 Å². The van der Waals surface area contributed by atoms with Gasteiger partial charge in [-0.1, -0.05) is 161 Å². The number of unbranched alkanes of at least 4 members (excludes halogenated alkanes) is 1. The third kappa shape index (κ3) is 27.7. The van der Waals surface area contributed by atoms with Crippen LogP contribution >= 0.6 is 63.7 Å². The minimum Gasteiger partial charge on any atom is -0.497 e. The molecule has 0 spiro atoms. The largest absolute Gasteiger partial charge is 0.497 e. The Balaban J connectivity index is 0.000000187. The summed E-state index contributed by atoms with van der Waals surface area (Å²) in [6.45, 7) is 21.1. The minimum atomic E-state index is -0.585. The van der Waals surface area contributed by atoms with Crippen LogP contribution in [-0.4, -0.2) is 179 Å². The van der Waals surface area contributed by atoms with Gasteiger partial charge in [0, 0.05) is 179 Å². The molecule has 0 radical (unpaired) electrons. The first-order valence-electron chi connectivity index (χ1n) is 39.1. The highest BCUT2D eigenvalue weighted by molar-refractivity contribution is 9.11. The Morgan fingerprint density at radius 2 is 0.975 bits per heavy atom. The fraction of sp³-hybridized carbons (Fsp3) is 0.351. The molecule has 0 aliphatic carbocycles. The molecular formula is C94H115Br4N7O14. The van der Waals surface area contributed by atoms with Gasteiger partial charge in [-0.15, -0.1) is 19.7 Å². The summed E-state index contributed by atoms with van der Waals surface area (Å²) in [4.78, 5) is 27.3. The zero-order chi connectivity index (χ0) is 85.9. The van der Waals surface area contributed by atoms with E-state index in [0.29, 0.717) is 57.3 Å². The van der Waals surface area contributed by atoms with Crippen LogP contribution in [0.4, 0.5) is 0 Å². The molecule has 0 saturated carbocycles. The zero-order valence-electron chi connectivity index (χ0n) is 69.9. The van der Waals surface area contributed by atoms with Crippen molar-refractivity contribution in [2.75, 3.05) is 143 Å². The van der Waals surface area contributed by atoms with Gasteiger partial charge in [-0.05, 0) is 120 Å². The highest BCUT2D eigenvalue weighted by Gasteiger charge is 2.52. The molecule has 5 atom stereocenters. The zero-order valence-corrected chi connectivity index (χ0v) is 76.2. The number of carbonyl (C=O) groups excluding carboxylic acids is 1. The maximum absolute atomic E-state index is 12.6. The number of likely N-dealkylation sites (tertiary alicyclic amines) is 2. The van der Waals surface area contributed by atoms with Crippen molar-refractivity contribution in [3.63, 3.8) is 0 Å². The van der Waals surface area contributed by atoms with E-state index in [1.165, 1.54) is 16.7 Å². The van der Waals surface area contributed by atoms with Gasteiger partial charge >= 0.3 is 0 Å². The van der Waals surface area contributed by atoms with E-state index in [4.69, 9.17) is 57.9 Å². The number of ether oxygens (including phenoxy) is 10. The van der Waals surface area contributed by atoms with Gasteiger partial charge in [0.05, 0.1) is 95.3 Å². The van der Waals surface area contributed by atoms with Crippen molar-refractivity contribution in [1.29, 1.82) is 0 Å². The monoisotopic (exact) mass is 1880 g/mol. The van der Waals surface area contributed by atoms with E-state index in [-0.39, 0.29) is 29.8 Å². The number of ketones is 1. The number of aliphatic hydroxyl groups excluding tert-OH is 1. The van der Waals surface area contributed by atoms with Crippen LogP contribution in [-0.2, 0) is 48.5 Å². The molecule has 6 N–H and O–H groups in total. The number of hydroxylamine groups is 2. The van der Waals surface area contributed by atoms with Crippen LogP contribution in [0.5, 0.6) is 57.5 Å². The summed E-state index contributed by atoms with van der Waals surface area (Å²) < 4.78 is 57.6. The van der Waals surface area contributed by atoms with Crippen LogP contribution in [0, 0.1) is 11.8 Å².